The number of nitrogens with one attached hydrogen (secondary N) is 1. The van der Waals surface area contributed by atoms with Gasteiger partial charge in [-0.15, -0.1) is 0 Å². The molecule has 0 aliphatic carbocycles. The number of carbonyl (C=O) groups is 1. The molecule has 1 heterocycles. The minimum atomic E-state index is -0.140. The van der Waals surface area contributed by atoms with Gasteiger partial charge in [0, 0.05) is 6.42 Å². The van der Waals surface area contributed by atoms with Crippen LogP contribution in [0.4, 0.5) is 5.69 Å². The minimum absolute atomic E-state index is 0.0812. The second-order valence-electron chi connectivity index (χ2n) is 5.55. The van der Waals surface area contributed by atoms with Crippen molar-refractivity contribution < 1.29 is 19.4 Å². The molecule has 0 unspecified atom stereocenters. The number of phenolic OH excluding ortho intramolecular Hbond substituents is 1. The normalized spacial score (nSPS) is 12.7. The van der Waals surface area contributed by atoms with Crippen LogP contribution in [0.3, 0.4) is 0 Å². The van der Waals surface area contributed by atoms with Crippen LogP contribution < -0.4 is 14.8 Å². The third-order valence-corrected chi connectivity index (χ3v) is 3.67. The summed E-state index contributed by atoms with van der Waals surface area (Å²) in [7, 11) is 0. The number of aryl methyl sites for hydroxylation is 2. The quantitative estimate of drug-likeness (QED) is 0.851. The molecule has 5 nitrogen and oxygen atoms in total. The molecule has 2 aromatic rings. The Morgan fingerprint density at radius 2 is 1.91 bits per heavy atom. The van der Waals surface area contributed by atoms with E-state index >= 15 is 0 Å². The summed E-state index contributed by atoms with van der Waals surface area (Å²) in [6.07, 6.45) is 0.919. The van der Waals surface area contributed by atoms with E-state index in [4.69, 9.17) is 9.47 Å². The molecule has 1 aliphatic rings. The van der Waals surface area contributed by atoms with Crippen molar-refractivity contribution >= 4 is 11.6 Å². The molecule has 0 saturated heterocycles. The average molecular weight is 313 g/mol. The van der Waals surface area contributed by atoms with Gasteiger partial charge in [0.2, 0.25) is 5.91 Å². The fraction of sp³-hybridized carbons (Fsp3) is 0.278. The molecule has 3 rings (SSSR count). The summed E-state index contributed by atoms with van der Waals surface area (Å²) in [5, 5.41) is 12.5. The molecule has 2 aromatic carbocycles. The predicted molar refractivity (Wildman–Crippen MR) is 87.2 cm³/mol. The van der Waals surface area contributed by atoms with Crippen LogP contribution in [0.5, 0.6) is 17.2 Å². The smallest absolute Gasteiger partial charge is 0.224 e. The largest absolute Gasteiger partial charge is 0.506 e. The van der Waals surface area contributed by atoms with Crippen molar-refractivity contribution in [2.24, 2.45) is 0 Å². The van der Waals surface area contributed by atoms with Gasteiger partial charge in [0.1, 0.15) is 19.0 Å². The van der Waals surface area contributed by atoms with Crippen molar-refractivity contribution in [2.75, 3.05) is 18.5 Å². The zero-order valence-electron chi connectivity index (χ0n) is 13.0. The third-order valence-electron chi connectivity index (χ3n) is 3.67. The first-order valence-corrected chi connectivity index (χ1v) is 7.60. The van der Waals surface area contributed by atoms with Gasteiger partial charge in [-0.1, -0.05) is 12.1 Å². The molecule has 0 bridgehead atoms. The molecule has 5 heteroatoms. The summed E-state index contributed by atoms with van der Waals surface area (Å²) in [6.45, 7) is 2.99. The summed E-state index contributed by atoms with van der Waals surface area (Å²) in [5.74, 6) is 1.41. The molecule has 120 valence electrons. The maximum atomic E-state index is 12.0. The maximum absolute atomic E-state index is 12.0. The van der Waals surface area contributed by atoms with Crippen LogP contribution >= 0.6 is 0 Å². The van der Waals surface area contributed by atoms with Crippen LogP contribution in [-0.4, -0.2) is 24.2 Å². The third kappa shape index (κ3) is 3.74. The van der Waals surface area contributed by atoms with Crippen molar-refractivity contribution in [3.63, 3.8) is 0 Å². The number of carbonyl (C=O) groups excluding carboxylic acids is 1. The van der Waals surface area contributed by atoms with E-state index in [2.05, 4.69) is 5.32 Å². The van der Waals surface area contributed by atoms with Crippen LogP contribution in [0.2, 0.25) is 0 Å². The Morgan fingerprint density at radius 1 is 1.13 bits per heavy atom. The lowest BCUT2D eigenvalue weighted by atomic mass is 10.1. The van der Waals surface area contributed by atoms with E-state index < -0.39 is 0 Å². The number of benzene rings is 2. The molecule has 0 spiro atoms. The van der Waals surface area contributed by atoms with Crippen molar-refractivity contribution in [1.82, 2.24) is 0 Å². The minimum Gasteiger partial charge on any atom is -0.506 e. The van der Waals surface area contributed by atoms with E-state index in [1.54, 1.807) is 12.1 Å². The molecule has 0 fully saturated rings. The van der Waals surface area contributed by atoms with E-state index in [1.807, 2.05) is 31.2 Å². The molecule has 23 heavy (non-hydrogen) atoms. The number of ether oxygens (including phenoxy) is 2. The standard InChI is InChI=1S/C18H19NO4/c1-12-2-5-14(15(20)10-12)19-18(21)7-4-13-3-6-16-17(11-13)23-9-8-22-16/h2-3,5-6,10-11,20H,4,7-9H2,1H3,(H,19,21). The number of hydrogen-bond acceptors (Lipinski definition) is 4. The van der Waals surface area contributed by atoms with Gasteiger partial charge in [0.05, 0.1) is 5.69 Å². The van der Waals surface area contributed by atoms with E-state index in [-0.39, 0.29) is 11.7 Å². The van der Waals surface area contributed by atoms with Crippen molar-refractivity contribution in [3.05, 3.63) is 47.5 Å². The maximum Gasteiger partial charge on any atom is 0.224 e. The number of anilines is 1. The van der Waals surface area contributed by atoms with E-state index in [0.717, 1.165) is 22.6 Å². The monoisotopic (exact) mass is 313 g/mol. The van der Waals surface area contributed by atoms with Crippen LogP contribution in [-0.2, 0) is 11.2 Å². The lowest BCUT2D eigenvalue weighted by Crippen LogP contribution is -2.15. The zero-order chi connectivity index (χ0) is 16.2. The highest BCUT2D eigenvalue weighted by molar-refractivity contribution is 5.92. The SMILES string of the molecule is Cc1ccc(NC(=O)CCc2ccc3c(c2)OCCO3)c(O)c1. The van der Waals surface area contributed by atoms with Gasteiger partial charge >= 0.3 is 0 Å². The summed E-state index contributed by atoms with van der Waals surface area (Å²) < 4.78 is 11.0. The molecule has 0 saturated carbocycles. The number of amides is 1. The molecule has 0 aromatic heterocycles. The Hall–Kier alpha value is -2.69. The molecular weight excluding hydrogens is 294 g/mol. The topological polar surface area (TPSA) is 67.8 Å². The number of phenols is 1. The van der Waals surface area contributed by atoms with Crippen LogP contribution in [0, 0.1) is 6.92 Å². The van der Waals surface area contributed by atoms with Crippen LogP contribution in [0.25, 0.3) is 0 Å². The fourth-order valence-corrected chi connectivity index (χ4v) is 2.46. The summed E-state index contributed by atoms with van der Waals surface area (Å²) >= 11 is 0. The van der Waals surface area contributed by atoms with Crippen LogP contribution in [0.1, 0.15) is 17.5 Å². The Labute approximate surface area is 134 Å². The first-order chi connectivity index (χ1) is 11.1. The number of hydrogen-bond donors (Lipinski definition) is 2. The molecule has 1 amide bonds. The molecule has 2 N–H and O–H groups in total. The molecule has 1 aliphatic heterocycles. The Balaban J connectivity index is 1.58. The van der Waals surface area contributed by atoms with E-state index in [0.29, 0.717) is 31.7 Å². The zero-order valence-corrected chi connectivity index (χ0v) is 13.0. The summed E-state index contributed by atoms with van der Waals surface area (Å²) in [6, 6.07) is 10.9. The Morgan fingerprint density at radius 3 is 2.70 bits per heavy atom. The van der Waals surface area contributed by atoms with Crippen molar-refractivity contribution in [2.45, 2.75) is 19.8 Å². The van der Waals surface area contributed by atoms with Gasteiger partial charge in [-0.2, -0.15) is 0 Å². The highest BCUT2D eigenvalue weighted by atomic mass is 16.6. The van der Waals surface area contributed by atoms with Gasteiger partial charge in [-0.3, -0.25) is 4.79 Å². The van der Waals surface area contributed by atoms with Gasteiger partial charge in [0.25, 0.3) is 0 Å². The first kappa shape index (κ1) is 15.2. The summed E-state index contributed by atoms with van der Waals surface area (Å²) in [5.41, 5.74) is 2.39. The first-order valence-electron chi connectivity index (χ1n) is 7.60. The average Bonchev–Trinajstić information content (AvgIpc) is 2.55. The Kier molecular flexibility index (Phi) is 4.37. The van der Waals surface area contributed by atoms with Gasteiger partial charge in [0.15, 0.2) is 11.5 Å². The molecule has 0 radical (unpaired) electrons. The van der Waals surface area contributed by atoms with Gasteiger partial charge < -0.3 is 19.9 Å². The highest BCUT2D eigenvalue weighted by Crippen LogP contribution is 2.31. The molecule has 0 atom stereocenters. The van der Waals surface area contributed by atoms with Crippen LogP contribution in [0.15, 0.2) is 36.4 Å². The summed E-state index contributed by atoms with van der Waals surface area (Å²) in [4.78, 5) is 12.0. The lowest BCUT2D eigenvalue weighted by molar-refractivity contribution is -0.116. The number of fused-ring (bicyclic) bond motifs is 1. The van der Waals surface area contributed by atoms with E-state index in [1.165, 1.54) is 0 Å². The molecular formula is C18H19NO4. The second kappa shape index (κ2) is 6.60. The Bertz CT molecular complexity index is 727. The highest BCUT2D eigenvalue weighted by Gasteiger charge is 2.12. The lowest BCUT2D eigenvalue weighted by Gasteiger charge is -2.18. The fourth-order valence-electron chi connectivity index (χ4n) is 2.46. The van der Waals surface area contributed by atoms with E-state index in [9.17, 15) is 9.90 Å². The number of aromatic hydroxyl groups is 1. The second-order valence-corrected chi connectivity index (χ2v) is 5.55. The number of rotatable bonds is 4. The van der Waals surface area contributed by atoms with Gasteiger partial charge in [-0.25, -0.2) is 0 Å². The van der Waals surface area contributed by atoms with Crippen molar-refractivity contribution in [1.29, 1.82) is 0 Å². The predicted octanol–water partition coefficient (Wildman–Crippen LogP) is 3.04. The van der Waals surface area contributed by atoms with Crippen molar-refractivity contribution in [3.8, 4) is 17.2 Å². The van der Waals surface area contributed by atoms with Gasteiger partial charge in [-0.05, 0) is 48.7 Å².